The van der Waals surface area contributed by atoms with Gasteiger partial charge in [-0.1, -0.05) is 25.4 Å². The first-order valence-electron chi connectivity index (χ1n) is 5.45. The third-order valence-corrected chi connectivity index (χ3v) is 2.41. The summed E-state index contributed by atoms with van der Waals surface area (Å²) in [5.41, 5.74) is 2.81. The minimum atomic E-state index is -0.175. The molecule has 94 valence electrons. The normalized spacial score (nSPS) is 10.4. The van der Waals surface area contributed by atoms with Gasteiger partial charge in [-0.15, -0.1) is 0 Å². The van der Waals surface area contributed by atoms with Crippen molar-refractivity contribution in [1.82, 2.24) is 10.3 Å². The Balaban J connectivity index is 2.65. The fourth-order valence-corrected chi connectivity index (χ4v) is 1.49. The summed E-state index contributed by atoms with van der Waals surface area (Å²) in [6, 6.07) is 3.06. The van der Waals surface area contributed by atoms with Crippen LogP contribution in [0.5, 0.6) is 0 Å². The van der Waals surface area contributed by atoms with Gasteiger partial charge >= 0.3 is 0 Å². The van der Waals surface area contributed by atoms with Gasteiger partial charge in [-0.25, -0.2) is 10.8 Å². The Morgan fingerprint density at radius 1 is 1.53 bits per heavy atom. The minimum absolute atomic E-state index is 0.175. The first kappa shape index (κ1) is 13.7. The highest BCUT2D eigenvalue weighted by molar-refractivity contribution is 6.29. The second-order valence-electron chi connectivity index (χ2n) is 4.15. The van der Waals surface area contributed by atoms with Gasteiger partial charge in [0.15, 0.2) is 0 Å². The average molecular weight is 257 g/mol. The number of rotatable bonds is 5. The molecule has 0 aliphatic carbocycles. The summed E-state index contributed by atoms with van der Waals surface area (Å²) in [4.78, 5) is 15.7. The summed E-state index contributed by atoms with van der Waals surface area (Å²) in [7, 11) is 0. The van der Waals surface area contributed by atoms with E-state index < -0.39 is 0 Å². The van der Waals surface area contributed by atoms with Crippen molar-refractivity contribution in [3.05, 3.63) is 22.8 Å². The van der Waals surface area contributed by atoms with Crippen LogP contribution in [0, 0.1) is 5.92 Å². The molecule has 0 aliphatic rings. The number of hydrogen-bond acceptors (Lipinski definition) is 4. The van der Waals surface area contributed by atoms with Gasteiger partial charge in [-0.05, 0) is 24.5 Å². The highest BCUT2D eigenvalue weighted by Crippen LogP contribution is 2.13. The lowest BCUT2D eigenvalue weighted by Crippen LogP contribution is -2.25. The molecule has 0 unspecified atom stereocenters. The highest BCUT2D eigenvalue weighted by Gasteiger charge is 2.08. The maximum atomic E-state index is 11.8. The number of nitrogens with zero attached hydrogens (tertiary/aromatic N) is 1. The Hall–Kier alpha value is -1.33. The zero-order valence-electron chi connectivity index (χ0n) is 9.96. The molecule has 1 rings (SSSR count). The number of anilines is 1. The van der Waals surface area contributed by atoms with Crippen LogP contribution in [0.1, 0.15) is 30.6 Å². The molecule has 1 aromatic rings. The number of carbonyl (C=O) groups excluding carboxylic acids is 1. The van der Waals surface area contributed by atoms with Gasteiger partial charge in [0.05, 0.1) is 0 Å². The Kier molecular flexibility index (Phi) is 5.18. The van der Waals surface area contributed by atoms with Gasteiger partial charge < -0.3 is 10.7 Å². The molecule has 0 aromatic carbocycles. The number of hydrogen-bond donors (Lipinski definition) is 3. The van der Waals surface area contributed by atoms with E-state index in [1.54, 1.807) is 6.07 Å². The predicted octanol–water partition coefficient (Wildman–Crippen LogP) is 1.80. The minimum Gasteiger partial charge on any atom is -0.352 e. The number of amides is 1. The summed E-state index contributed by atoms with van der Waals surface area (Å²) in [5.74, 6) is 5.97. The first-order chi connectivity index (χ1) is 8.02. The van der Waals surface area contributed by atoms with Crippen LogP contribution >= 0.6 is 11.6 Å². The van der Waals surface area contributed by atoms with E-state index in [0.717, 1.165) is 6.42 Å². The summed E-state index contributed by atoms with van der Waals surface area (Å²) in [6.45, 7) is 4.85. The molecule has 0 aliphatic heterocycles. The molecule has 6 heteroatoms. The number of halogens is 1. The topological polar surface area (TPSA) is 80.0 Å². The Morgan fingerprint density at radius 3 is 2.82 bits per heavy atom. The SMILES string of the molecule is CC(C)CCNC(=O)c1cc(Cl)nc(NN)c1. The molecule has 4 N–H and O–H groups in total. The molecule has 0 radical (unpaired) electrons. The lowest BCUT2D eigenvalue weighted by Gasteiger charge is -2.08. The third kappa shape index (κ3) is 4.58. The molecular weight excluding hydrogens is 240 g/mol. The molecular formula is C11H17ClN4O. The standard InChI is InChI=1S/C11H17ClN4O/c1-7(2)3-4-14-11(17)8-5-9(12)15-10(6-8)16-13/h5-7H,3-4,13H2,1-2H3,(H,14,17)(H,15,16). The van der Waals surface area contributed by atoms with E-state index in [0.29, 0.717) is 23.8 Å². The average Bonchev–Trinajstić information content (AvgIpc) is 2.27. The molecule has 0 fully saturated rings. The van der Waals surface area contributed by atoms with Crippen molar-refractivity contribution in [2.24, 2.45) is 11.8 Å². The van der Waals surface area contributed by atoms with Gasteiger partial charge in [0.25, 0.3) is 5.91 Å². The molecule has 0 spiro atoms. The number of pyridine rings is 1. The van der Waals surface area contributed by atoms with Crippen molar-refractivity contribution in [2.45, 2.75) is 20.3 Å². The van der Waals surface area contributed by atoms with Crippen LogP contribution < -0.4 is 16.6 Å². The Bertz CT molecular complexity index is 395. The molecule has 0 atom stereocenters. The van der Waals surface area contributed by atoms with Crippen LogP contribution in [0.3, 0.4) is 0 Å². The zero-order chi connectivity index (χ0) is 12.8. The number of hydrazine groups is 1. The van der Waals surface area contributed by atoms with E-state index in [4.69, 9.17) is 17.4 Å². The van der Waals surface area contributed by atoms with Gasteiger partial charge in [-0.3, -0.25) is 4.79 Å². The molecule has 0 saturated carbocycles. The van der Waals surface area contributed by atoms with E-state index in [-0.39, 0.29) is 11.1 Å². The van der Waals surface area contributed by atoms with E-state index >= 15 is 0 Å². The highest BCUT2D eigenvalue weighted by atomic mass is 35.5. The number of carbonyl (C=O) groups is 1. The smallest absolute Gasteiger partial charge is 0.251 e. The zero-order valence-corrected chi connectivity index (χ0v) is 10.7. The van der Waals surface area contributed by atoms with Crippen LogP contribution in [0.2, 0.25) is 5.15 Å². The van der Waals surface area contributed by atoms with Crippen molar-refractivity contribution < 1.29 is 4.79 Å². The van der Waals surface area contributed by atoms with Gasteiger partial charge in [-0.2, -0.15) is 0 Å². The van der Waals surface area contributed by atoms with Gasteiger partial charge in [0.2, 0.25) is 0 Å². The molecule has 17 heavy (non-hydrogen) atoms. The Labute approximate surface area is 106 Å². The molecule has 0 saturated heterocycles. The summed E-state index contributed by atoms with van der Waals surface area (Å²) < 4.78 is 0. The van der Waals surface area contributed by atoms with E-state index in [1.165, 1.54) is 6.07 Å². The summed E-state index contributed by atoms with van der Waals surface area (Å²) >= 11 is 5.77. The van der Waals surface area contributed by atoms with Crippen molar-refractivity contribution in [1.29, 1.82) is 0 Å². The molecule has 1 aromatic heterocycles. The molecule has 5 nitrogen and oxygen atoms in total. The van der Waals surface area contributed by atoms with Gasteiger partial charge in [0.1, 0.15) is 11.0 Å². The molecule has 1 amide bonds. The maximum absolute atomic E-state index is 11.8. The quantitative estimate of drug-likeness (QED) is 0.426. The second kappa shape index (κ2) is 6.42. The fourth-order valence-electron chi connectivity index (χ4n) is 1.28. The summed E-state index contributed by atoms with van der Waals surface area (Å²) in [5, 5.41) is 3.05. The lowest BCUT2D eigenvalue weighted by molar-refractivity contribution is 0.0952. The van der Waals surface area contributed by atoms with Crippen LogP contribution in [0.4, 0.5) is 5.82 Å². The number of aromatic nitrogens is 1. The van der Waals surface area contributed by atoms with E-state index in [1.807, 2.05) is 0 Å². The Morgan fingerprint density at radius 2 is 2.24 bits per heavy atom. The van der Waals surface area contributed by atoms with Crippen LogP contribution in [0.25, 0.3) is 0 Å². The van der Waals surface area contributed by atoms with Crippen molar-refractivity contribution in [2.75, 3.05) is 12.0 Å². The fraction of sp³-hybridized carbons (Fsp3) is 0.455. The maximum Gasteiger partial charge on any atom is 0.251 e. The number of nitrogens with one attached hydrogen (secondary N) is 2. The predicted molar refractivity (Wildman–Crippen MR) is 68.8 cm³/mol. The molecule has 0 bridgehead atoms. The van der Waals surface area contributed by atoms with E-state index in [9.17, 15) is 4.79 Å². The van der Waals surface area contributed by atoms with Crippen LogP contribution in [-0.2, 0) is 0 Å². The van der Waals surface area contributed by atoms with Crippen LogP contribution in [-0.4, -0.2) is 17.4 Å². The third-order valence-electron chi connectivity index (χ3n) is 2.21. The van der Waals surface area contributed by atoms with Gasteiger partial charge in [0, 0.05) is 12.1 Å². The molecule has 1 heterocycles. The monoisotopic (exact) mass is 256 g/mol. The second-order valence-corrected chi connectivity index (χ2v) is 4.53. The van der Waals surface area contributed by atoms with Crippen molar-refractivity contribution >= 4 is 23.3 Å². The van der Waals surface area contributed by atoms with Crippen molar-refractivity contribution in [3.8, 4) is 0 Å². The largest absolute Gasteiger partial charge is 0.352 e. The summed E-state index contributed by atoms with van der Waals surface area (Å²) in [6.07, 6.45) is 0.937. The van der Waals surface area contributed by atoms with Crippen molar-refractivity contribution in [3.63, 3.8) is 0 Å². The van der Waals surface area contributed by atoms with Crippen LogP contribution in [0.15, 0.2) is 12.1 Å². The number of nitrogens with two attached hydrogens (primary N) is 1. The number of nitrogen functional groups attached to an aromatic ring is 1. The lowest BCUT2D eigenvalue weighted by atomic mass is 10.1. The first-order valence-corrected chi connectivity index (χ1v) is 5.83. The van der Waals surface area contributed by atoms with E-state index in [2.05, 4.69) is 29.6 Å².